The molecule has 0 bridgehead atoms. The zero-order valence-corrected chi connectivity index (χ0v) is 13.0. The number of hydrogen-bond donors (Lipinski definition) is 1. The lowest BCUT2D eigenvalue weighted by atomic mass is 10.2. The van der Waals surface area contributed by atoms with Crippen LogP contribution in [0.4, 0.5) is 0 Å². The summed E-state index contributed by atoms with van der Waals surface area (Å²) in [6.07, 6.45) is 2.01. The first-order chi connectivity index (χ1) is 9.92. The maximum absolute atomic E-state index is 12.3. The molecule has 2 aromatic rings. The summed E-state index contributed by atoms with van der Waals surface area (Å²) >= 11 is 0. The van der Waals surface area contributed by atoms with Gasteiger partial charge in [-0.3, -0.25) is 0 Å². The number of nitrogens with zero attached hydrogens (tertiary/aromatic N) is 1. The van der Waals surface area contributed by atoms with Crippen LogP contribution in [0.5, 0.6) is 5.75 Å². The van der Waals surface area contributed by atoms with Crippen molar-refractivity contribution >= 4 is 10.0 Å². The van der Waals surface area contributed by atoms with Crippen molar-refractivity contribution in [1.29, 1.82) is 0 Å². The molecule has 0 aliphatic carbocycles. The number of aromatic nitrogens is 1. The summed E-state index contributed by atoms with van der Waals surface area (Å²) in [5.41, 5.74) is 1.36. The van der Waals surface area contributed by atoms with Crippen LogP contribution in [0.1, 0.15) is 17.1 Å². The first-order valence-corrected chi connectivity index (χ1v) is 7.96. The second-order valence-corrected chi connectivity index (χ2v) is 6.37. The minimum Gasteiger partial charge on any atom is -0.497 e. The van der Waals surface area contributed by atoms with Crippen LogP contribution in [-0.2, 0) is 16.4 Å². The molecule has 7 heteroatoms. The van der Waals surface area contributed by atoms with Gasteiger partial charge in [0.15, 0.2) is 5.89 Å². The van der Waals surface area contributed by atoms with E-state index in [0.29, 0.717) is 23.6 Å². The zero-order valence-electron chi connectivity index (χ0n) is 12.2. The van der Waals surface area contributed by atoms with Gasteiger partial charge in [-0.15, -0.1) is 0 Å². The third-order valence-electron chi connectivity index (χ3n) is 3.01. The van der Waals surface area contributed by atoms with Crippen molar-refractivity contribution in [2.24, 2.45) is 0 Å². The average Bonchev–Trinajstić information content (AvgIpc) is 2.83. The number of aryl methyl sites for hydroxylation is 2. The van der Waals surface area contributed by atoms with Crippen molar-refractivity contribution in [2.75, 3.05) is 13.7 Å². The zero-order chi connectivity index (χ0) is 15.5. The van der Waals surface area contributed by atoms with Crippen molar-refractivity contribution in [2.45, 2.75) is 25.2 Å². The molecule has 0 radical (unpaired) electrons. The van der Waals surface area contributed by atoms with E-state index in [0.717, 1.165) is 5.69 Å². The lowest BCUT2D eigenvalue weighted by Crippen LogP contribution is -2.26. The van der Waals surface area contributed by atoms with Gasteiger partial charge in [-0.1, -0.05) is 0 Å². The molecule has 1 aromatic heterocycles. The van der Waals surface area contributed by atoms with Crippen LogP contribution in [0, 0.1) is 13.8 Å². The highest BCUT2D eigenvalue weighted by atomic mass is 32.2. The predicted molar refractivity (Wildman–Crippen MR) is 77.9 cm³/mol. The molecule has 0 spiro atoms. The van der Waals surface area contributed by atoms with Crippen LogP contribution in [0.2, 0.25) is 0 Å². The summed E-state index contributed by atoms with van der Waals surface area (Å²) in [5, 5.41) is 0. The standard InChI is InChI=1S/C14H18N2O4S/c1-10-8-13(19-3)4-5-14(10)21(17,18)15-7-6-12-9-20-11(2)16-12/h4-5,8-9,15H,6-7H2,1-3H3. The molecule has 0 aliphatic rings. The maximum atomic E-state index is 12.3. The Labute approximate surface area is 124 Å². The molecule has 0 unspecified atom stereocenters. The molecule has 114 valence electrons. The van der Waals surface area contributed by atoms with E-state index in [1.54, 1.807) is 33.1 Å². The molecule has 0 aliphatic heterocycles. The van der Waals surface area contributed by atoms with E-state index in [-0.39, 0.29) is 11.4 Å². The molecule has 1 heterocycles. The fourth-order valence-corrected chi connectivity index (χ4v) is 3.22. The van der Waals surface area contributed by atoms with Gasteiger partial charge >= 0.3 is 0 Å². The summed E-state index contributed by atoms with van der Waals surface area (Å²) in [6.45, 7) is 3.74. The monoisotopic (exact) mass is 310 g/mol. The van der Waals surface area contributed by atoms with Crippen LogP contribution >= 0.6 is 0 Å². The van der Waals surface area contributed by atoms with E-state index in [2.05, 4.69) is 9.71 Å². The Balaban J connectivity index is 2.04. The molecule has 1 N–H and O–H groups in total. The number of ether oxygens (including phenoxy) is 1. The van der Waals surface area contributed by atoms with Gasteiger partial charge in [0.05, 0.1) is 17.7 Å². The van der Waals surface area contributed by atoms with Gasteiger partial charge in [-0.25, -0.2) is 18.1 Å². The highest BCUT2D eigenvalue weighted by Crippen LogP contribution is 2.20. The van der Waals surface area contributed by atoms with Crippen LogP contribution in [0.3, 0.4) is 0 Å². The molecule has 21 heavy (non-hydrogen) atoms. The molecule has 2 rings (SSSR count). The quantitative estimate of drug-likeness (QED) is 0.880. The predicted octanol–water partition coefficient (Wildman–Crippen LogP) is 1.82. The Morgan fingerprint density at radius 2 is 2.10 bits per heavy atom. The minimum absolute atomic E-state index is 0.250. The summed E-state index contributed by atoms with van der Waals surface area (Å²) in [5.74, 6) is 1.20. The summed E-state index contributed by atoms with van der Waals surface area (Å²) in [7, 11) is -2.00. The van der Waals surface area contributed by atoms with Crippen LogP contribution in [0.15, 0.2) is 33.8 Å². The van der Waals surface area contributed by atoms with Gasteiger partial charge in [-0.05, 0) is 30.7 Å². The van der Waals surface area contributed by atoms with E-state index in [4.69, 9.17) is 9.15 Å². The Bertz CT molecular complexity index is 722. The normalized spacial score (nSPS) is 11.6. The fourth-order valence-electron chi connectivity index (χ4n) is 1.96. The molecular weight excluding hydrogens is 292 g/mol. The van der Waals surface area contributed by atoms with E-state index >= 15 is 0 Å². The number of oxazole rings is 1. The Morgan fingerprint density at radius 1 is 1.33 bits per heavy atom. The summed E-state index contributed by atoms with van der Waals surface area (Å²) < 4.78 is 37.2. The largest absolute Gasteiger partial charge is 0.497 e. The average molecular weight is 310 g/mol. The van der Waals surface area contributed by atoms with Crippen LogP contribution < -0.4 is 9.46 Å². The van der Waals surface area contributed by atoms with Crippen LogP contribution in [0.25, 0.3) is 0 Å². The van der Waals surface area contributed by atoms with Crippen molar-refractivity contribution in [3.63, 3.8) is 0 Å². The van der Waals surface area contributed by atoms with E-state index in [1.807, 2.05) is 0 Å². The smallest absolute Gasteiger partial charge is 0.240 e. The van der Waals surface area contributed by atoms with Gasteiger partial charge in [0.25, 0.3) is 0 Å². The van der Waals surface area contributed by atoms with E-state index in [1.165, 1.54) is 12.3 Å². The number of benzene rings is 1. The number of nitrogens with one attached hydrogen (secondary N) is 1. The number of methoxy groups -OCH3 is 1. The van der Waals surface area contributed by atoms with Gasteiger partial charge in [0, 0.05) is 19.9 Å². The first-order valence-electron chi connectivity index (χ1n) is 6.47. The number of hydrogen-bond acceptors (Lipinski definition) is 5. The number of rotatable bonds is 6. The molecule has 1 aromatic carbocycles. The van der Waals surface area contributed by atoms with Crippen molar-refractivity contribution in [3.8, 4) is 5.75 Å². The second kappa shape index (κ2) is 6.28. The highest BCUT2D eigenvalue weighted by molar-refractivity contribution is 7.89. The molecule has 0 saturated carbocycles. The van der Waals surface area contributed by atoms with E-state index < -0.39 is 10.0 Å². The molecule has 0 saturated heterocycles. The third kappa shape index (κ3) is 3.83. The number of sulfonamides is 1. The first kappa shape index (κ1) is 15.5. The molecule has 0 fully saturated rings. The fraction of sp³-hybridized carbons (Fsp3) is 0.357. The molecule has 0 atom stereocenters. The maximum Gasteiger partial charge on any atom is 0.240 e. The van der Waals surface area contributed by atoms with Gasteiger partial charge in [0.2, 0.25) is 10.0 Å². The van der Waals surface area contributed by atoms with Gasteiger partial charge < -0.3 is 9.15 Å². The Kier molecular flexibility index (Phi) is 4.64. The van der Waals surface area contributed by atoms with Crippen molar-refractivity contribution in [1.82, 2.24) is 9.71 Å². The highest BCUT2D eigenvalue weighted by Gasteiger charge is 2.16. The lowest BCUT2D eigenvalue weighted by Gasteiger charge is -2.10. The summed E-state index contributed by atoms with van der Waals surface area (Å²) in [4.78, 5) is 4.37. The van der Waals surface area contributed by atoms with Crippen LogP contribution in [-0.4, -0.2) is 27.1 Å². The second-order valence-electron chi connectivity index (χ2n) is 4.64. The lowest BCUT2D eigenvalue weighted by molar-refractivity contribution is 0.414. The summed E-state index contributed by atoms with van der Waals surface area (Å²) in [6, 6.07) is 4.86. The Hall–Kier alpha value is -1.86. The SMILES string of the molecule is COc1ccc(S(=O)(=O)NCCc2coc(C)n2)c(C)c1. The molecule has 0 amide bonds. The topological polar surface area (TPSA) is 81.4 Å². The third-order valence-corrected chi connectivity index (χ3v) is 4.63. The minimum atomic E-state index is -3.54. The molecular formula is C14H18N2O4S. The molecule has 6 nitrogen and oxygen atoms in total. The van der Waals surface area contributed by atoms with Gasteiger partial charge in [0.1, 0.15) is 12.0 Å². The van der Waals surface area contributed by atoms with E-state index in [9.17, 15) is 8.42 Å². The van der Waals surface area contributed by atoms with Gasteiger partial charge in [-0.2, -0.15) is 0 Å². The van der Waals surface area contributed by atoms with Crippen molar-refractivity contribution < 1.29 is 17.6 Å². The van der Waals surface area contributed by atoms with Crippen molar-refractivity contribution in [3.05, 3.63) is 41.6 Å². The Morgan fingerprint density at radius 3 is 2.67 bits per heavy atom.